The van der Waals surface area contributed by atoms with Gasteiger partial charge >= 0.3 is 5.69 Å². The molecule has 5 aromatic rings. The Morgan fingerprint density at radius 3 is 2.69 bits per heavy atom. The van der Waals surface area contributed by atoms with Gasteiger partial charge in [0.2, 0.25) is 0 Å². The van der Waals surface area contributed by atoms with Gasteiger partial charge in [-0.1, -0.05) is 18.5 Å². The lowest BCUT2D eigenvalue weighted by molar-refractivity contribution is 0.387. The van der Waals surface area contributed by atoms with Crippen LogP contribution in [-0.2, 0) is 7.05 Å². The van der Waals surface area contributed by atoms with E-state index in [0.29, 0.717) is 37.8 Å². The van der Waals surface area contributed by atoms with Gasteiger partial charge in [-0.3, -0.25) is 19.0 Å². The van der Waals surface area contributed by atoms with Gasteiger partial charge in [0, 0.05) is 35.1 Å². The number of aromatic nitrogens is 5. The number of halogens is 2. The molecule has 0 saturated heterocycles. The minimum Gasteiger partial charge on any atom is -0.494 e. The third-order valence-corrected chi connectivity index (χ3v) is 7.99. The van der Waals surface area contributed by atoms with Gasteiger partial charge in [0.05, 0.1) is 41.2 Å². The van der Waals surface area contributed by atoms with Crippen LogP contribution in [0.15, 0.2) is 46.4 Å². The Hall–Kier alpha value is -3.50. The molecule has 0 bridgehead atoms. The van der Waals surface area contributed by atoms with Crippen LogP contribution in [0.4, 0.5) is 4.39 Å². The number of fused-ring (bicyclic) bond motifs is 2. The predicted molar refractivity (Wildman–Crippen MR) is 134 cm³/mol. The first-order valence-corrected chi connectivity index (χ1v) is 12.1. The fourth-order valence-electron chi connectivity index (χ4n) is 4.59. The maximum Gasteiger partial charge on any atom is 0.336 e. The first kappa shape index (κ1) is 22.0. The van der Waals surface area contributed by atoms with Crippen molar-refractivity contribution in [1.29, 1.82) is 0 Å². The van der Waals surface area contributed by atoms with E-state index in [1.165, 1.54) is 41.3 Å². The number of hydrogen-bond acceptors (Lipinski definition) is 6. The van der Waals surface area contributed by atoms with Crippen LogP contribution in [0, 0.1) is 11.7 Å². The summed E-state index contributed by atoms with van der Waals surface area (Å²) in [4.78, 5) is 32.5. The van der Waals surface area contributed by atoms with Crippen LogP contribution >= 0.6 is 22.9 Å². The topological polar surface area (TPSA) is 83.9 Å². The normalized spacial score (nSPS) is 17.4. The molecule has 4 heterocycles. The van der Waals surface area contributed by atoms with E-state index in [9.17, 15) is 14.0 Å². The number of ether oxygens (including phenoxy) is 1. The lowest BCUT2D eigenvalue weighted by Gasteiger charge is -2.12. The van der Waals surface area contributed by atoms with E-state index in [0.717, 1.165) is 11.8 Å². The van der Waals surface area contributed by atoms with Crippen molar-refractivity contribution in [1.82, 2.24) is 23.9 Å². The maximum atomic E-state index is 14.1. The summed E-state index contributed by atoms with van der Waals surface area (Å²) in [5.74, 6) is -0.239. The lowest BCUT2D eigenvalue weighted by Crippen LogP contribution is -2.38. The van der Waals surface area contributed by atoms with Gasteiger partial charge in [-0.25, -0.2) is 13.8 Å². The Labute approximate surface area is 206 Å². The second-order valence-electron chi connectivity index (χ2n) is 8.73. The second-order valence-corrected chi connectivity index (χ2v) is 10.2. The van der Waals surface area contributed by atoms with Crippen LogP contribution in [0.25, 0.3) is 37.2 Å². The summed E-state index contributed by atoms with van der Waals surface area (Å²) in [5.41, 5.74) is 1.19. The molecule has 1 aromatic carbocycles. The molecular weight excluding hydrogens is 493 g/mol. The number of benzene rings is 1. The zero-order valence-corrected chi connectivity index (χ0v) is 20.5. The Balaban J connectivity index is 1.69. The summed E-state index contributed by atoms with van der Waals surface area (Å²) in [5, 5.41) is 5.17. The first-order valence-electron chi connectivity index (χ1n) is 10.9. The third kappa shape index (κ3) is 3.24. The van der Waals surface area contributed by atoms with Crippen molar-refractivity contribution < 1.29 is 9.13 Å². The fraction of sp³-hybridized carbons (Fsp3) is 0.250. The summed E-state index contributed by atoms with van der Waals surface area (Å²) in [6.45, 7) is 2.07. The Morgan fingerprint density at radius 1 is 1.20 bits per heavy atom. The predicted octanol–water partition coefficient (Wildman–Crippen LogP) is 4.54. The van der Waals surface area contributed by atoms with Gasteiger partial charge in [-0.2, -0.15) is 5.10 Å². The molecule has 0 N–H and O–H groups in total. The molecule has 11 heteroatoms. The quantitative estimate of drug-likeness (QED) is 0.353. The van der Waals surface area contributed by atoms with E-state index >= 15 is 0 Å². The molecule has 2 atom stereocenters. The summed E-state index contributed by atoms with van der Waals surface area (Å²) in [7, 11) is 3.13. The number of rotatable bonds is 4. The molecule has 4 aromatic heterocycles. The number of thiophene rings is 1. The Bertz CT molecular complexity index is 1790. The van der Waals surface area contributed by atoms with Crippen LogP contribution in [0.3, 0.4) is 0 Å². The monoisotopic (exact) mass is 511 g/mol. The molecule has 35 heavy (non-hydrogen) atoms. The van der Waals surface area contributed by atoms with Gasteiger partial charge in [-0.05, 0) is 30.5 Å². The highest BCUT2D eigenvalue weighted by Gasteiger charge is 2.38. The van der Waals surface area contributed by atoms with E-state index in [2.05, 4.69) is 17.0 Å². The smallest absolute Gasteiger partial charge is 0.336 e. The highest BCUT2D eigenvalue weighted by Crippen LogP contribution is 2.45. The van der Waals surface area contributed by atoms with Crippen molar-refractivity contribution in [3.63, 3.8) is 0 Å². The molecule has 1 aliphatic rings. The van der Waals surface area contributed by atoms with Gasteiger partial charge < -0.3 is 4.74 Å². The van der Waals surface area contributed by atoms with E-state index in [1.54, 1.807) is 34.8 Å². The zero-order chi connectivity index (χ0) is 24.6. The number of hydrogen-bond donors (Lipinski definition) is 0. The van der Waals surface area contributed by atoms with Gasteiger partial charge in [0.1, 0.15) is 4.70 Å². The number of methoxy groups -OCH3 is 1. The Morgan fingerprint density at radius 2 is 1.97 bits per heavy atom. The van der Waals surface area contributed by atoms with Gasteiger partial charge in [-0.15, -0.1) is 11.3 Å². The molecule has 1 saturated carbocycles. The Kier molecular flexibility index (Phi) is 4.87. The molecule has 0 radical (unpaired) electrons. The van der Waals surface area contributed by atoms with Crippen molar-refractivity contribution in [2.24, 2.45) is 13.0 Å². The van der Waals surface area contributed by atoms with Crippen molar-refractivity contribution >= 4 is 44.1 Å². The molecule has 0 spiro atoms. The molecule has 1 fully saturated rings. The van der Waals surface area contributed by atoms with E-state index in [-0.39, 0.29) is 16.8 Å². The summed E-state index contributed by atoms with van der Waals surface area (Å²) < 4.78 is 24.2. The van der Waals surface area contributed by atoms with Crippen LogP contribution < -0.4 is 16.0 Å². The van der Waals surface area contributed by atoms with Crippen LogP contribution in [0.1, 0.15) is 19.4 Å². The van der Waals surface area contributed by atoms with Crippen molar-refractivity contribution in [3.05, 3.63) is 68.5 Å². The third-order valence-electron chi connectivity index (χ3n) is 6.53. The molecule has 0 amide bonds. The van der Waals surface area contributed by atoms with Crippen molar-refractivity contribution in [3.8, 4) is 21.9 Å². The highest BCUT2D eigenvalue weighted by molar-refractivity contribution is 7.22. The summed E-state index contributed by atoms with van der Waals surface area (Å²) >= 11 is 7.58. The molecule has 1 unspecified atom stereocenters. The van der Waals surface area contributed by atoms with Crippen molar-refractivity contribution in [2.75, 3.05) is 7.11 Å². The fourth-order valence-corrected chi connectivity index (χ4v) is 6.01. The van der Waals surface area contributed by atoms with Crippen LogP contribution in [-0.4, -0.2) is 31.0 Å². The number of nitrogens with zero attached hydrogens (tertiary/aromatic N) is 5. The van der Waals surface area contributed by atoms with E-state index in [1.807, 2.05) is 0 Å². The molecule has 6 rings (SSSR count). The standard InChI is InChI=1S/C24H19ClFN5O3S/c1-11-4-16(11)30-17-7-20(13-5-19(34-3)15(26)6-14(13)25)35-22(17)23(32)31(24(30)33)18-10-27-8-12-9-28-29(2)21(12)18/h5-11,16H,4H2,1-3H3/t11-,16?/m0/s1. The highest BCUT2D eigenvalue weighted by atomic mass is 35.5. The second kappa shape index (κ2) is 7.76. The maximum absolute atomic E-state index is 14.1. The molecule has 1 aliphatic carbocycles. The van der Waals surface area contributed by atoms with E-state index in [4.69, 9.17) is 16.3 Å². The zero-order valence-electron chi connectivity index (χ0n) is 19.0. The van der Waals surface area contributed by atoms with E-state index < -0.39 is 17.1 Å². The number of pyridine rings is 1. The average Bonchev–Trinajstić information content (AvgIpc) is 3.20. The van der Waals surface area contributed by atoms with Crippen LogP contribution in [0.5, 0.6) is 5.75 Å². The molecular formula is C24H19ClFN5O3S. The SMILES string of the molecule is COc1cc(-c2cc3c(s2)c(=O)n(-c2cncc4cnn(C)c24)c(=O)n3C2C[C@@H]2C)c(Cl)cc1F. The molecule has 0 aliphatic heterocycles. The van der Waals surface area contributed by atoms with Crippen LogP contribution in [0.2, 0.25) is 5.02 Å². The first-order chi connectivity index (χ1) is 16.8. The van der Waals surface area contributed by atoms with Gasteiger partial charge in [0.25, 0.3) is 5.56 Å². The molecule has 178 valence electrons. The molecule has 8 nitrogen and oxygen atoms in total. The van der Waals surface area contributed by atoms with Gasteiger partial charge in [0.15, 0.2) is 11.6 Å². The average molecular weight is 512 g/mol. The minimum atomic E-state index is -0.579. The lowest BCUT2D eigenvalue weighted by atomic mass is 10.1. The largest absolute Gasteiger partial charge is 0.494 e. The summed E-state index contributed by atoms with van der Waals surface area (Å²) in [6, 6.07) is 4.43. The minimum absolute atomic E-state index is 0.0313. The summed E-state index contributed by atoms with van der Waals surface area (Å²) in [6.07, 6.45) is 5.63. The van der Waals surface area contributed by atoms with Crippen molar-refractivity contribution in [2.45, 2.75) is 19.4 Å². The number of aryl methyl sites for hydroxylation is 1.